The molecule has 0 fully saturated rings. The number of hydrogen-bond acceptors (Lipinski definition) is 4. The Morgan fingerprint density at radius 3 is 2.65 bits per heavy atom. The first kappa shape index (κ1) is 19.0. The molecule has 0 radical (unpaired) electrons. The Labute approximate surface area is 144 Å². The predicted molar refractivity (Wildman–Crippen MR) is 89.3 cm³/mol. The van der Waals surface area contributed by atoms with Crippen molar-refractivity contribution in [2.75, 3.05) is 6.54 Å². The molecule has 0 aliphatic heterocycles. The van der Waals surface area contributed by atoms with E-state index in [4.69, 9.17) is 10.00 Å². The van der Waals surface area contributed by atoms with Gasteiger partial charge in [0.2, 0.25) is 5.91 Å². The fourth-order valence-electron chi connectivity index (χ4n) is 1.90. The van der Waals surface area contributed by atoms with Gasteiger partial charge < -0.3 is 15.4 Å². The van der Waals surface area contributed by atoms with Crippen LogP contribution in [0.3, 0.4) is 0 Å². The quantitative estimate of drug-likeness (QED) is 0.710. The summed E-state index contributed by atoms with van der Waals surface area (Å²) in [5.74, 6) is -0.186. The molecule has 0 aromatic heterocycles. The number of rotatable bonds is 7. The minimum absolute atomic E-state index is 0.0961. The highest BCUT2D eigenvalue weighted by atomic mass is 79.9. The Morgan fingerprint density at radius 1 is 1.35 bits per heavy atom. The van der Waals surface area contributed by atoms with E-state index in [1.54, 1.807) is 0 Å². The summed E-state index contributed by atoms with van der Waals surface area (Å²) in [6.45, 7) is 3.89. The molecule has 0 heterocycles. The molecule has 0 saturated carbocycles. The molecule has 1 atom stereocenters. The van der Waals surface area contributed by atoms with E-state index in [1.807, 2.05) is 44.2 Å². The lowest BCUT2D eigenvalue weighted by Crippen LogP contribution is -2.47. The van der Waals surface area contributed by atoms with E-state index < -0.39 is 18.0 Å². The van der Waals surface area contributed by atoms with Gasteiger partial charge in [-0.15, -0.1) is 0 Å². The van der Waals surface area contributed by atoms with Crippen LogP contribution < -0.4 is 10.6 Å². The number of hydrogen-bond donors (Lipinski definition) is 2. The van der Waals surface area contributed by atoms with Crippen LogP contribution in [0, 0.1) is 17.2 Å². The number of nitriles is 1. The number of ether oxygens (including phenoxy) is 1. The van der Waals surface area contributed by atoms with Gasteiger partial charge in [-0.2, -0.15) is 5.26 Å². The molecule has 6 nitrogen and oxygen atoms in total. The maximum Gasteiger partial charge on any atom is 0.408 e. The number of carbonyl (C=O) groups is 2. The molecule has 0 bridgehead atoms. The third-order valence-electron chi connectivity index (χ3n) is 2.97. The summed E-state index contributed by atoms with van der Waals surface area (Å²) in [5.41, 5.74) is 0.831. The fraction of sp³-hybridized carbons (Fsp3) is 0.438. The number of halogens is 1. The van der Waals surface area contributed by atoms with Crippen molar-refractivity contribution in [1.29, 1.82) is 5.26 Å². The van der Waals surface area contributed by atoms with E-state index in [9.17, 15) is 9.59 Å². The zero-order chi connectivity index (χ0) is 17.2. The predicted octanol–water partition coefficient (Wildman–Crippen LogP) is 2.73. The van der Waals surface area contributed by atoms with Crippen LogP contribution in [0.1, 0.15) is 25.8 Å². The normalized spacial score (nSPS) is 11.4. The lowest BCUT2D eigenvalue weighted by Gasteiger charge is -2.19. The summed E-state index contributed by atoms with van der Waals surface area (Å²) in [7, 11) is 0. The van der Waals surface area contributed by atoms with Crippen molar-refractivity contribution in [1.82, 2.24) is 10.6 Å². The standard InChI is InChI=1S/C16H20BrN3O3/c1-11(2)9-14(15(21)19-8-7-18)20-16(22)23-10-12-5-3-4-6-13(12)17/h3-6,11,14H,8-10H2,1-2H3,(H,19,21)(H,20,22)/t14-/m0/s1. The minimum atomic E-state index is -0.727. The molecule has 0 saturated heterocycles. The lowest BCUT2D eigenvalue weighted by molar-refractivity contribution is -0.123. The molecule has 1 aromatic rings. The molecule has 2 amide bonds. The van der Waals surface area contributed by atoms with Crippen molar-refractivity contribution in [3.8, 4) is 6.07 Å². The summed E-state index contributed by atoms with van der Waals surface area (Å²) in [6.07, 6.45) is -0.208. The second kappa shape index (κ2) is 9.85. The van der Waals surface area contributed by atoms with Crippen LogP contribution in [-0.2, 0) is 16.1 Å². The molecule has 124 valence electrons. The minimum Gasteiger partial charge on any atom is -0.445 e. The Kier molecular flexibility index (Phi) is 8.13. The number of carbonyl (C=O) groups excluding carboxylic acids is 2. The highest BCUT2D eigenvalue weighted by molar-refractivity contribution is 9.10. The van der Waals surface area contributed by atoms with Crippen molar-refractivity contribution in [3.63, 3.8) is 0 Å². The molecule has 23 heavy (non-hydrogen) atoms. The molecular formula is C16H20BrN3O3. The van der Waals surface area contributed by atoms with Gasteiger partial charge in [0.1, 0.15) is 19.2 Å². The van der Waals surface area contributed by atoms with Crippen LogP contribution in [0.15, 0.2) is 28.7 Å². The summed E-state index contributed by atoms with van der Waals surface area (Å²) in [6, 6.07) is 8.51. The Bertz CT molecular complexity index is 584. The van der Waals surface area contributed by atoms with Gasteiger partial charge in [-0.05, 0) is 18.4 Å². The maximum absolute atomic E-state index is 12.0. The van der Waals surface area contributed by atoms with Crippen LogP contribution in [0.5, 0.6) is 0 Å². The third kappa shape index (κ3) is 7.15. The van der Waals surface area contributed by atoms with Crippen LogP contribution in [0.2, 0.25) is 0 Å². The van der Waals surface area contributed by atoms with Gasteiger partial charge in [0.15, 0.2) is 0 Å². The molecule has 1 rings (SSSR count). The Hall–Kier alpha value is -2.07. The molecule has 0 unspecified atom stereocenters. The van der Waals surface area contributed by atoms with Crippen LogP contribution in [-0.4, -0.2) is 24.6 Å². The maximum atomic E-state index is 12.0. The van der Waals surface area contributed by atoms with Crippen molar-refractivity contribution in [2.24, 2.45) is 5.92 Å². The highest BCUT2D eigenvalue weighted by Crippen LogP contribution is 2.16. The number of alkyl carbamates (subject to hydrolysis) is 1. The molecular weight excluding hydrogens is 362 g/mol. The first-order valence-electron chi connectivity index (χ1n) is 7.25. The third-order valence-corrected chi connectivity index (χ3v) is 3.75. The van der Waals surface area contributed by atoms with Gasteiger partial charge in [-0.1, -0.05) is 48.0 Å². The van der Waals surface area contributed by atoms with E-state index in [0.29, 0.717) is 6.42 Å². The topological polar surface area (TPSA) is 91.2 Å². The number of nitrogens with zero attached hydrogens (tertiary/aromatic N) is 1. The van der Waals surface area contributed by atoms with Gasteiger partial charge in [0.05, 0.1) is 6.07 Å². The number of nitrogens with one attached hydrogen (secondary N) is 2. The average molecular weight is 382 g/mol. The molecule has 2 N–H and O–H groups in total. The van der Waals surface area contributed by atoms with Gasteiger partial charge >= 0.3 is 6.09 Å². The van der Waals surface area contributed by atoms with E-state index in [-0.39, 0.29) is 19.1 Å². The molecule has 7 heteroatoms. The fourth-order valence-corrected chi connectivity index (χ4v) is 2.29. The summed E-state index contributed by atoms with van der Waals surface area (Å²) in [5, 5.41) is 13.5. The monoisotopic (exact) mass is 381 g/mol. The van der Waals surface area contributed by atoms with Crippen molar-refractivity contribution in [2.45, 2.75) is 32.9 Å². The number of amides is 2. The number of benzene rings is 1. The summed E-state index contributed by atoms with van der Waals surface area (Å²) < 4.78 is 6.00. The van der Waals surface area contributed by atoms with Gasteiger partial charge in [-0.3, -0.25) is 4.79 Å². The van der Waals surface area contributed by atoms with Crippen molar-refractivity contribution in [3.05, 3.63) is 34.3 Å². The first-order chi connectivity index (χ1) is 10.9. The highest BCUT2D eigenvalue weighted by Gasteiger charge is 2.22. The average Bonchev–Trinajstić information content (AvgIpc) is 2.50. The summed E-state index contributed by atoms with van der Waals surface area (Å²) in [4.78, 5) is 23.9. The zero-order valence-corrected chi connectivity index (χ0v) is 14.7. The van der Waals surface area contributed by atoms with Crippen LogP contribution in [0.25, 0.3) is 0 Å². The van der Waals surface area contributed by atoms with Crippen LogP contribution >= 0.6 is 15.9 Å². The van der Waals surface area contributed by atoms with Crippen molar-refractivity contribution < 1.29 is 14.3 Å². The SMILES string of the molecule is CC(C)C[C@H](NC(=O)OCc1ccccc1Br)C(=O)NCC#N. The van der Waals surface area contributed by atoms with E-state index in [2.05, 4.69) is 26.6 Å². The van der Waals surface area contributed by atoms with Gasteiger partial charge in [0.25, 0.3) is 0 Å². The van der Waals surface area contributed by atoms with E-state index >= 15 is 0 Å². The van der Waals surface area contributed by atoms with Gasteiger partial charge in [-0.25, -0.2) is 4.79 Å². The Morgan fingerprint density at radius 2 is 2.04 bits per heavy atom. The second-order valence-corrected chi connectivity index (χ2v) is 6.22. The zero-order valence-electron chi connectivity index (χ0n) is 13.1. The van der Waals surface area contributed by atoms with E-state index in [0.717, 1.165) is 10.0 Å². The molecule has 1 aromatic carbocycles. The Balaban J connectivity index is 2.57. The van der Waals surface area contributed by atoms with Crippen LogP contribution in [0.4, 0.5) is 4.79 Å². The van der Waals surface area contributed by atoms with Crippen molar-refractivity contribution >= 4 is 27.9 Å². The smallest absolute Gasteiger partial charge is 0.408 e. The molecule has 0 spiro atoms. The summed E-state index contributed by atoms with van der Waals surface area (Å²) >= 11 is 3.38. The second-order valence-electron chi connectivity index (χ2n) is 5.37. The lowest BCUT2D eigenvalue weighted by atomic mass is 10.0. The largest absolute Gasteiger partial charge is 0.445 e. The van der Waals surface area contributed by atoms with Gasteiger partial charge in [0, 0.05) is 10.0 Å². The molecule has 0 aliphatic rings. The first-order valence-corrected chi connectivity index (χ1v) is 8.04. The van der Waals surface area contributed by atoms with E-state index in [1.165, 1.54) is 0 Å². The molecule has 0 aliphatic carbocycles.